The van der Waals surface area contributed by atoms with Crippen molar-refractivity contribution in [3.8, 4) is 27.9 Å². The molecule has 3 nitrogen and oxygen atoms in total. The highest BCUT2D eigenvalue weighted by Crippen LogP contribution is 2.43. The largest absolute Gasteiger partial charge is 0.400 e. The lowest BCUT2D eigenvalue weighted by Gasteiger charge is -2.27. The summed E-state index contributed by atoms with van der Waals surface area (Å²) in [5.41, 5.74) is 17.1. The van der Waals surface area contributed by atoms with E-state index in [2.05, 4.69) is 138 Å². The maximum atomic E-state index is 11.3. The lowest BCUT2D eigenvalue weighted by atomic mass is 9.61. The predicted octanol–water partition coefficient (Wildman–Crippen LogP) is -5.00. The Kier molecular flexibility index (Phi) is 7.62. The summed E-state index contributed by atoms with van der Waals surface area (Å²) < 4.78 is 2.13. The number of aromatic nitrogens is 2. The summed E-state index contributed by atoms with van der Waals surface area (Å²) in [6.07, 6.45) is 0. The Morgan fingerprint density at radius 1 is 0.560 bits per heavy atom. The average Bonchev–Trinajstić information content (AvgIpc) is 3.52. The molecule has 0 aliphatic heterocycles. The number of para-hydroxylation sites is 2. The molecule has 1 N–H and O–H groups in total. The van der Waals surface area contributed by atoms with Crippen LogP contribution in [0.1, 0.15) is 5.82 Å². The zero-order valence-corrected chi connectivity index (χ0v) is 30.6. The van der Waals surface area contributed by atoms with Crippen molar-refractivity contribution in [3.05, 3.63) is 103 Å². The second-order valence-corrected chi connectivity index (χ2v) is 14.8. The topological polar surface area (TPSA) is 38.0 Å². The van der Waals surface area contributed by atoms with E-state index in [1.807, 2.05) is 33.9 Å². The van der Waals surface area contributed by atoms with E-state index in [-0.39, 0.29) is 0 Å². The molecule has 0 saturated carbocycles. The van der Waals surface area contributed by atoms with Crippen LogP contribution in [0.2, 0.25) is 0 Å². The maximum Gasteiger partial charge on any atom is 0.141 e. The van der Waals surface area contributed by atoms with E-state index in [4.69, 9.17) is 4.98 Å². The molecular formula is C38H35B9N2O. The van der Waals surface area contributed by atoms with Crippen molar-refractivity contribution in [3.63, 3.8) is 0 Å². The van der Waals surface area contributed by atoms with E-state index in [1.54, 1.807) is 0 Å². The number of aliphatic hydroxyl groups is 1. The molecule has 12 heteroatoms. The molecular weight excluding hydrogens is 598 g/mol. The Morgan fingerprint density at radius 3 is 1.92 bits per heavy atom. The minimum absolute atomic E-state index is 0.623. The van der Waals surface area contributed by atoms with Gasteiger partial charge in [-0.25, -0.2) is 4.98 Å². The zero-order chi connectivity index (χ0) is 35.2. The SMILES string of the molecule is Bc1cc2c(-c3cccc4ccccc34)c3c(B)c(B)c(B)c(B)c3c(-c3cccc(-n4c(C(B)(B)O)nc5ccccc54)c3)c2c(B)c1B. The van der Waals surface area contributed by atoms with E-state index < -0.39 is 5.40 Å². The molecule has 0 bridgehead atoms. The van der Waals surface area contributed by atoms with Crippen LogP contribution < -0.4 is 38.2 Å². The van der Waals surface area contributed by atoms with Crippen LogP contribution in [0.25, 0.3) is 71.3 Å². The molecule has 0 aliphatic rings. The molecule has 230 valence electrons. The fraction of sp³-hybridized carbons (Fsp3) is 0.0263. The van der Waals surface area contributed by atoms with Crippen molar-refractivity contribution in [2.75, 3.05) is 0 Å². The Hall–Kier alpha value is -4.67. The lowest BCUT2D eigenvalue weighted by molar-refractivity contribution is 0.205. The summed E-state index contributed by atoms with van der Waals surface area (Å²) in [6, 6.07) is 35.0. The molecule has 0 radical (unpaired) electrons. The van der Waals surface area contributed by atoms with Crippen LogP contribution in [-0.2, 0) is 5.40 Å². The highest BCUT2D eigenvalue weighted by molar-refractivity contribution is 6.69. The second-order valence-electron chi connectivity index (χ2n) is 14.8. The van der Waals surface area contributed by atoms with E-state index >= 15 is 0 Å². The standard InChI is InChI=1S/C38H35B9N2O/c39-23-16-22-27(21-12-6-8-17-7-1-2-11-20(17)21)30-29(33(42)35(44)36(45)34(30)43)26(28(22)32(41)31(23)40)18-9-5-10-19(15-18)49-25-14-4-3-13-24(25)48-37(49)38(46,47)50/h1-16,50H,39-47H2. The quantitative estimate of drug-likeness (QED) is 0.156. The van der Waals surface area contributed by atoms with E-state index in [0.29, 0.717) is 5.82 Å². The van der Waals surface area contributed by atoms with Gasteiger partial charge in [-0.15, -0.1) is 16.4 Å². The van der Waals surface area contributed by atoms with Gasteiger partial charge in [-0.3, -0.25) is 4.57 Å². The summed E-state index contributed by atoms with van der Waals surface area (Å²) in [5, 5.41) is 17.9. The summed E-state index contributed by atoms with van der Waals surface area (Å²) in [4.78, 5) is 4.93. The number of rotatable bonds is 4. The molecule has 0 amide bonds. The first-order valence-electron chi connectivity index (χ1n) is 17.6. The minimum Gasteiger partial charge on any atom is -0.400 e. The zero-order valence-electron chi connectivity index (χ0n) is 30.6. The van der Waals surface area contributed by atoms with Gasteiger partial charge < -0.3 is 5.11 Å². The van der Waals surface area contributed by atoms with E-state index in [9.17, 15) is 5.11 Å². The Labute approximate surface area is 301 Å². The molecule has 50 heavy (non-hydrogen) atoms. The first kappa shape index (κ1) is 32.5. The number of nitrogens with zero attached hydrogens (tertiary/aromatic N) is 2. The van der Waals surface area contributed by atoms with Crippen molar-refractivity contribution < 1.29 is 5.11 Å². The van der Waals surface area contributed by atoms with Gasteiger partial charge in [0.05, 0.1) is 16.4 Å². The normalized spacial score (nSPS) is 12.0. The van der Waals surface area contributed by atoms with Gasteiger partial charge in [0.15, 0.2) is 0 Å². The Balaban J connectivity index is 1.59. The molecule has 1 aromatic heterocycles. The molecule has 0 fully saturated rings. The van der Waals surface area contributed by atoms with Gasteiger partial charge in [0.1, 0.15) is 76.4 Å². The molecule has 7 aromatic carbocycles. The number of hydrogen-bond acceptors (Lipinski definition) is 2. The van der Waals surface area contributed by atoms with Crippen LogP contribution in [0.15, 0.2) is 97.1 Å². The number of fused-ring (bicyclic) bond motifs is 4. The Morgan fingerprint density at radius 2 is 1.18 bits per heavy atom. The van der Waals surface area contributed by atoms with Crippen LogP contribution in [-0.4, -0.2) is 85.3 Å². The van der Waals surface area contributed by atoms with Gasteiger partial charge in [0, 0.05) is 5.69 Å². The highest BCUT2D eigenvalue weighted by atomic mass is 16.3. The van der Waals surface area contributed by atoms with Gasteiger partial charge in [0.2, 0.25) is 0 Å². The molecule has 0 spiro atoms. The maximum absolute atomic E-state index is 11.3. The molecule has 0 atom stereocenters. The van der Waals surface area contributed by atoms with Crippen molar-refractivity contribution in [2.24, 2.45) is 0 Å². The molecule has 1 heterocycles. The molecule has 0 saturated heterocycles. The summed E-state index contributed by atoms with van der Waals surface area (Å²) in [6.45, 7) is 0. The predicted molar refractivity (Wildman–Crippen MR) is 243 cm³/mol. The smallest absolute Gasteiger partial charge is 0.141 e. The van der Waals surface area contributed by atoms with Crippen LogP contribution in [0, 0.1) is 0 Å². The van der Waals surface area contributed by atoms with Crippen LogP contribution in [0.4, 0.5) is 0 Å². The first-order valence-corrected chi connectivity index (χ1v) is 17.6. The molecule has 0 aliphatic carbocycles. The third-order valence-electron chi connectivity index (χ3n) is 11.4. The minimum atomic E-state index is -1.14. The van der Waals surface area contributed by atoms with Gasteiger partial charge in [-0.2, -0.15) is 0 Å². The lowest BCUT2D eigenvalue weighted by Crippen LogP contribution is -2.48. The Bertz CT molecular complexity index is 2730. The fourth-order valence-electron chi connectivity index (χ4n) is 8.31. The molecule has 8 aromatic rings. The number of imidazole rings is 1. The van der Waals surface area contributed by atoms with E-state index in [1.165, 1.54) is 87.2 Å². The van der Waals surface area contributed by atoms with Crippen molar-refractivity contribution >= 4 is 152 Å². The monoisotopic (exact) mass is 634 g/mol. The summed E-state index contributed by atoms with van der Waals surface area (Å²) in [7, 11) is 19.6. The van der Waals surface area contributed by atoms with Gasteiger partial charge >= 0.3 is 0 Å². The van der Waals surface area contributed by atoms with Crippen LogP contribution in [0.5, 0.6) is 0 Å². The third-order valence-corrected chi connectivity index (χ3v) is 11.4. The number of benzene rings is 7. The number of hydrogen-bond donors (Lipinski definition) is 1. The van der Waals surface area contributed by atoms with Crippen LogP contribution in [0.3, 0.4) is 0 Å². The van der Waals surface area contributed by atoms with Crippen molar-refractivity contribution in [2.45, 2.75) is 5.40 Å². The van der Waals surface area contributed by atoms with E-state index in [0.717, 1.165) is 22.3 Å². The average molecular weight is 633 g/mol. The second kappa shape index (κ2) is 11.7. The fourth-order valence-corrected chi connectivity index (χ4v) is 8.31. The summed E-state index contributed by atoms with van der Waals surface area (Å²) in [5.74, 6) is 0.623. The highest BCUT2D eigenvalue weighted by Gasteiger charge is 2.27. The third kappa shape index (κ3) is 4.79. The van der Waals surface area contributed by atoms with Crippen LogP contribution >= 0.6 is 0 Å². The first-order chi connectivity index (χ1) is 23.9. The summed E-state index contributed by atoms with van der Waals surface area (Å²) >= 11 is 0. The van der Waals surface area contributed by atoms with Gasteiger partial charge in [-0.1, -0.05) is 94.6 Å². The van der Waals surface area contributed by atoms with Crippen molar-refractivity contribution in [1.82, 2.24) is 9.55 Å². The van der Waals surface area contributed by atoms with Gasteiger partial charge in [-0.05, 0) is 78.8 Å². The van der Waals surface area contributed by atoms with Crippen molar-refractivity contribution in [1.29, 1.82) is 0 Å². The molecule has 0 unspecified atom stereocenters. The molecule has 8 rings (SSSR count). The van der Waals surface area contributed by atoms with Gasteiger partial charge in [0.25, 0.3) is 0 Å².